The lowest BCUT2D eigenvalue weighted by Crippen LogP contribution is -2.42. The highest BCUT2D eigenvalue weighted by atomic mass is 16.5. The van der Waals surface area contributed by atoms with Crippen molar-refractivity contribution in [1.82, 2.24) is 14.9 Å². The van der Waals surface area contributed by atoms with Gasteiger partial charge in [0, 0.05) is 24.2 Å². The van der Waals surface area contributed by atoms with Crippen molar-refractivity contribution in [3.05, 3.63) is 11.8 Å². The highest BCUT2D eigenvalue weighted by Gasteiger charge is 2.41. The average molecular weight is 291 g/mol. The van der Waals surface area contributed by atoms with E-state index in [1.807, 2.05) is 0 Å². The maximum Gasteiger partial charge on any atom is 0.319 e. The third-order valence-corrected chi connectivity index (χ3v) is 4.84. The Balaban J connectivity index is 1.82. The molecule has 2 bridgehead atoms. The van der Waals surface area contributed by atoms with E-state index in [0.29, 0.717) is 23.5 Å². The Bertz CT molecular complexity index is 535. The summed E-state index contributed by atoms with van der Waals surface area (Å²) in [6.45, 7) is 0. The Labute approximate surface area is 124 Å². The fourth-order valence-electron chi connectivity index (χ4n) is 3.62. The normalized spacial score (nSPS) is 28.4. The van der Waals surface area contributed by atoms with Gasteiger partial charge in [0.1, 0.15) is 0 Å². The zero-order valence-electron chi connectivity index (χ0n) is 12.7. The number of hydrogen-bond acceptors (Lipinski definition) is 6. The number of rotatable bonds is 4. The third-order valence-electron chi connectivity index (χ3n) is 4.84. The number of carbonyl (C=O) groups is 1. The molecule has 21 heavy (non-hydrogen) atoms. The molecule has 0 amide bonds. The SMILES string of the molecule is COc1ncc(C(=O)C2CC3CCC(C2)N3C)c(OC)n1. The van der Waals surface area contributed by atoms with Crippen molar-refractivity contribution in [2.24, 2.45) is 5.92 Å². The van der Waals surface area contributed by atoms with Gasteiger partial charge in [0.25, 0.3) is 0 Å². The van der Waals surface area contributed by atoms with E-state index in [0.717, 1.165) is 12.8 Å². The summed E-state index contributed by atoms with van der Waals surface area (Å²) in [7, 11) is 5.17. The van der Waals surface area contributed by atoms with Crippen LogP contribution in [0.5, 0.6) is 11.9 Å². The topological polar surface area (TPSA) is 64.5 Å². The molecule has 0 aromatic carbocycles. The summed E-state index contributed by atoms with van der Waals surface area (Å²) >= 11 is 0. The zero-order chi connectivity index (χ0) is 15.0. The summed E-state index contributed by atoms with van der Waals surface area (Å²) in [5.74, 6) is 0.447. The third kappa shape index (κ3) is 2.48. The number of piperidine rings is 1. The van der Waals surface area contributed by atoms with E-state index in [9.17, 15) is 4.79 Å². The molecule has 2 fully saturated rings. The summed E-state index contributed by atoms with van der Waals surface area (Å²) < 4.78 is 10.2. The van der Waals surface area contributed by atoms with Gasteiger partial charge in [-0.05, 0) is 32.7 Å². The molecule has 0 aliphatic carbocycles. The predicted molar refractivity (Wildman–Crippen MR) is 76.8 cm³/mol. The highest BCUT2D eigenvalue weighted by molar-refractivity contribution is 5.99. The first kappa shape index (κ1) is 14.3. The van der Waals surface area contributed by atoms with Gasteiger partial charge in [-0.25, -0.2) is 4.98 Å². The van der Waals surface area contributed by atoms with E-state index in [4.69, 9.17) is 9.47 Å². The van der Waals surface area contributed by atoms with Crippen LogP contribution in [-0.2, 0) is 0 Å². The maximum atomic E-state index is 12.8. The van der Waals surface area contributed by atoms with Crippen molar-refractivity contribution in [3.8, 4) is 11.9 Å². The van der Waals surface area contributed by atoms with Crippen LogP contribution in [0.25, 0.3) is 0 Å². The number of Topliss-reactive ketones (excluding diaryl/α,β-unsaturated/α-hetero) is 1. The second-order valence-corrected chi connectivity index (χ2v) is 5.86. The van der Waals surface area contributed by atoms with Crippen molar-refractivity contribution in [3.63, 3.8) is 0 Å². The summed E-state index contributed by atoms with van der Waals surface area (Å²) in [6.07, 6.45) is 5.75. The van der Waals surface area contributed by atoms with Gasteiger partial charge in [-0.15, -0.1) is 0 Å². The standard InChI is InChI=1S/C15H21N3O3/c1-18-10-4-5-11(18)7-9(6-10)13(19)12-8-16-15(21-3)17-14(12)20-2/h8-11H,4-7H2,1-3H3. The number of nitrogens with zero attached hydrogens (tertiary/aromatic N) is 3. The smallest absolute Gasteiger partial charge is 0.319 e. The second kappa shape index (κ2) is 5.60. The van der Waals surface area contributed by atoms with E-state index in [1.165, 1.54) is 33.3 Å². The quantitative estimate of drug-likeness (QED) is 0.784. The first-order chi connectivity index (χ1) is 10.1. The summed E-state index contributed by atoms with van der Waals surface area (Å²) in [6, 6.07) is 1.28. The van der Waals surface area contributed by atoms with Gasteiger partial charge >= 0.3 is 6.01 Å². The summed E-state index contributed by atoms with van der Waals surface area (Å²) in [5.41, 5.74) is 0.465. The molecule has 114 valence electrons. The van der Waals surface area contributed by atoms with Crippen LogP contribution in [0, 0.1) is 5.92 Å². The fraction of sp³-hybridized carbons (Fsp3) is 0.667. The Kier molecular flexibility index (Phi) is 3.80. The van der Waals surface area contributed by atoms with Gasteiger partial charge in [-0.1, -0.05) is 0 Å². The first-order valence-electron chi connectivity index (χ1n) is 7.35. The van der Waals surface area contributed by atoms with Crippen LogP contribution in [-0.4, -0.2) is 54.0 Å². The van der Waals surface area contributed by atoms with E-state index >= 15 is 0 Å². The minimum atomic E-state index is 0.0459. The van der Waals surface area contributed by atoms with Crippen LogP contribution in [0.1, 0.15) is 36.0 Å². The molecule has 6 heteroatoms. The number of ketones is 1. The van der Waals surface area contributed by atoms with E-state index < -0.39 is 0 Å². The largest absolute Gasteiger partial charge is 0.480 e. The van der Waals surface area contributed by atoms with Crippen molar-refractivity contribution in [1.29, 1.82) is 0 Å². The summed E-state index contributed by atoms with van der Waals surface area (Å²) in [4.78, 5) is 23.4. The molecule has 2 unspecified atom stereocenters. The molecule has 6 nitrogen and oxygen atoms in total. The number of fused-ring (bicyclic) bond motifs is 2. The van der Waals surface area contributed by atoms with Gasteiger partial charge in [-0.3, -0.25) is 4.79 Å². The molecule has 0 N–H and O–H groups in total. The molecule has 0 radical (unpaired) electrons. The van der Waals surface area contributed by atoms with E-state index in [1.54, 1.807) is 0 Å². The molecule has 2 atom stereocenters. The lowest BCUT2D eigenvalue weighted by Gasteiger charge is -2.35. The molecule has 3 rings (SSSR count). The zero-order valence-corrected chi connectivity index (χ0v) is 12.7. The molecule has 2 saturated heterocycles. The Hall–Kier alpha value is -1.69. The summed E-state index contributed by atoms with van der Waals surface area (Å²) in [5, 5.41) is 0. The van der Waals surface area contributed by atoms with Crippen LogP contribution in [0.4, 0.5) is 0 Å². The average Bonchev–Trinajstić information content (AvgIpc) is 2.75. The molecule has 2 aliphatic rings. The maximum absolute atomic E-state index is 12.8. The van der Waals surface area contributed by atoms with Crippen LogP contribution in [0.2, 0.25) is 0 Å². The minimum absolute atomic E-state index is 0.0459. The Morgan fingerprint density at radius 3 is 2.48 bits per heavy atom. The molecule has 3 heterocycles. The molecule has 1 aromatic heterocycles. The molecular formula is C15H21N3O3. The number of carbonyl (C=O) groups excluding carboxylic acids is 1. The highest BCUT2D eigenvalue weighted by Crippen LogP contribution is 2.39. The van der Waals surface area contributed by atoms with Crippen molar-refractivity contribution < 1.29 is 14.3 Å². The van der Waals surface area contributed by atoms with E-state index in [-0.39, 0.29) is 17.7 Å². The van der Waals surface area contributed by atoms with Crippen LogP contribution in [0.15, 0.2) is 6.20 Å². The number of ether oxygens (including phenoxy) is 2. The van der Waals surface area contributed by atoms with Crippen molar-refractivity contribution >= 4 is 5.78 Å². The van der Waals surface area contributed by atoms with Crippen LogP contribution >= 0.6 is 0 Å². The van der Waals surface area contributed by atoms with Gasteiger partial charge in [0.15, 0.2) is 5.78 Å². The van der Waals surface area contributed by atoms with Gasteiger partial charge in [0.2, 0.25) is 5.88 Å². The van der Waals surface area contributed by atoms with Crippen molar-refractivity contribution in [2.45, 2.75) is 37.8 Å². The molecule has 1 aromatic rings. The minimum Gasteiger partial charge on any atom is -0.480 e. The molecular weight excluding hydrogens is 270 g/mol. The van der Waals surface area contributed by atoms with Gasteiger partial charge < -0.3 is 14.4 Å². The van der Waals surface area contributed by atoms with Crippen molar-refractivity contribution in [2.75, 3.05) is 21.3 Å². The fourth-order valence-corrected chi connectivity index (χ4v) is 3.62. The van der Waals surface area contributed by atoms with Crippen LogP contribution in [0.3, 0.4) is 0 Å². The number of hydrogen-bond donors (Lipinski definition) is 0. The first-order valence-corrected chi connectivity index (χ1v) is 7.35. The number of aromatic nitrogens is 2. The predicted octanol–water partition coefficient (Wildman–Crippen LogP) is 1.55. The monoisotopic (exact) mass is 291 g/mol. The van der Waals surface area contributed by atoms with Gasteiger partial charge in [-0.2, -0.15) is 4.98 Å². The lowest BCUT2D eigenvalue weighted by molar-refractivity contribution is 0.0763. The van der Waals surface area contributed by atoms with Crippen LogP contribution < -0.4 is 9.47 Å². The molecule has 2 aliphatic heterocycles. The lowest BCUT2D eigenvalue weighted by atomic mass is 9.85. The van der Waals surface area contributed by atoms with E-state index in [2.05, 4.69) is 21.9 Å². The van der Waals surface area contributed by atoms with Gasteiger partial charge in [0.05, 0.1) is 19.8 Å². The second-order valence-electron chi connectivity index (χ2n) is 5.86. The Morgan fingerprint density at radius 2 is 1.90 bits per heavy atom. The molecule has 0 saturated carbocycles. The number of methoxy groups -OCH3 is 2. The Morgan fingerprint density at radius 1 is 1.24 bits per heavy atom. The molecule has 0 spiro atoms.